The Balaban J connectivity index is 1.75. The van der Waals surface area contributed by atoms with Gasteiger partial charge in [-0.15, -0.1) is 11.3 Å². The van der Waals surface area contributed by atoms with Crippen molar-refractivity contribution in [3.05, 3.63) is 64.8 Å². The molecule has 1 amide bonds. The van der Waals surface area contributed by atoms with Crippen LogP contribution in [0.4, 0.5) is 5.13 Å². The molecule has 0 bridgehead atoms. The molecule has 0 atom stereocenters. The van der Waals surface area contributed by atoms with Crippen LogP contribution in [0.1, 0.15) is 21.6 Å². The van der Waals surface area contributed by atoms with E-state index in [9.17, 15) is 4.79 Å². The van der Waals surface area contributed by atoms with Crippen LogP contribution in [0.5, 0.6) is 0 Å². The molecule has 0 fully saturated rings. The normalized spacial score (nSPS) is 10.5. The van der Waals surface area contributed by atoms with Crippen molar-refractivity contribution in [2.24, 2.45) is 0 Å². The van der Waals surface area contributed by atoms with Gasteiger partial charge in [-0.25, -0.2) is 4.98 Å². The van der Waals surface area contributed by atoms with Gasteiger partial charge in [-0.1, -0.05) is 35.9 Å². The molecule has 0 unspecified atom stereocenters. The van der Waals surface area contributed by atoms with Crippen molar-refractivity contribution in [3.63, 3.8) is 0 Å². The molecule has 5 heteroatoms. The quantitative estimate of drug-likeness (QED) is 0.793. The van der Waals surface area contributed by atoms with Crippen LogP contribution >= 0.6 is 11.3 Å². The highest BCUT2D eigenvalue weighted by molar-refractivity contribution is 7.14. The Morgan fingerprint density at radius 1 is 1.05 bits per heavy atom. The van der Waals surface area contributed by atoms with Gasteiger partial charge in [-0.3, -0.25) is 15.1 Å². The lowest BCUT2D eigenvalue weighted by Gasteiger charge is -2.01. The summed E-state index contributed by atoms with van der Waals surface area (Å²) in [6, 6.07) is 11.7. The lowest BCUT2D eigenvalue weighted by Crippen LogP contribution is -2.13. The molecule has 3 aromatic rings. The first-order valence-electron chi connectivity index (χ1n) is 6.88. The molecule has 0 aliphatic heterocycles. The van der Waals surface area contributed by atoms with Crippen molar-refractivity contribution in [3.8, 4) is 11.3 Å². The number of carbonyl (C=O) groups excluding carboxylic acids is 1. The summed E-state index contributed by atoms with van der Waals surface area (Å²) in [5.41, 5.74) is 4.51. The van der Waals surface area contributed by atoms with E-state index in [1.807, 2.05) is 49.6 Å². The number of pyridine rings is 1. The summed E-state index contributed by atoms with van der Waals surface area (Å²) < 4.78 is 0. The zero-order valence-electron chi connectivity index (χ0n) is 12.3. The highest BCUT2D eigenvalue weighted by Gasteiger charge is 2.10. The molecule has 0 spiro atoms. The zero-order valence-corrected chi connectivity index (χ0v) is 13.1. The van der Waals surface area contributed by atoms with E-state index in [1.54, 1.807) is 12.3 Å². The molecular formula is C17H15N3OS. The maximum atomic E-state index is 12.1. The van der Waals surface area contributed by atoms with Gasteiger partial charge >= 0.3 is 0 Å². The van der Waals surface area contributed by atoms with Gasteiger partial charge in [0.15, 0.2) is 5.13 Å². The summed E-state index contributed by atoms with van der Waals surface area (Å²) in [7, 11) is 0. The van der Waals surface area contributed by atoms with Crippen molar-refractivity contribution >= 4 is 22.4 Å². The van der Waals surface area contributed by atoms with E-state index in [0.717, 1.165) is 16.8 Å². The van der Waals surface area contributed by atoms with Crippen molar-refractivity contribution in [2.45, 2.75) is 13.8 Å². The molecule has 4 nitrogen and oxygen atoms in total. The minimum absolute atomic E-state index is 0.246. The monoisotopic (exact) mass is 309 g/mol. The van der Waals surface area contributed by atoms with E-state index in [1.165, 1.54) is 16.9 Å². The lowest BCUT2D eigenvalue weighted by atomic mass is 10.1. The molecule has 0 saturated carbocycles. The van der Waals surface area contributed by atoms with Crippen molar-refractivity contribution in [1.29, 1.82) is 0 Å². The average Bonchev–Trinajstić information content (AvgIpc) is 2.97. The number of benzene rings is 1. The molecule has 1 aromatic carbocycles. The Bertz CT molecular complexity index is 792. The molecule has 1 N–H and O–H groups in total. The summed E-state index contributed by atoms with van der Waals surface area (Å²) in [4.78, 5) is 20.7. The number of amides is 1. The smallest absolute Gasteiger partial charge is 0.276 e. The maximum Gasteiger partial charge on any atom is 0.276 e. The van der Waals surface area contributed by atoms with E-state index in [-0.39, 0.29) is 5.91 Å². The number of rotatable bonds is 3. The Morgan fingerprint density at radius 2 is 1.77 bits per heavy atom. The van der Waals surface area contributed by atoms with Gasteiger partial charge < -0.3 is 0 Å². The predicted molar refractivity (Wildman–Crippen MR) is 89.2 cm³/mol. The zero-order chi connectivity index (χ0) is 15.5. The second-order valence-corrected chi connectivity index (χ2v) is 5.94. The maximum absolute atomic E-state index is 12.1. The van der Waals surface area contributed by atoms with Crippen LogP contribution in [0.3, 0.4) is 0 Å². The number of hydrogen-bond donors (Lipinski definition) is 1. The van der Waals surface area contributed by atoms with Gasteiger partial charge in [0, 0.05) is 17.1 Å². The molecule has 0 aliphatic rings. The fraction of sp³-hybridized carbons (Fsp3) is 0.118. The van der Waals surface area contributed by atoms with Crippen LogP contribution < -0.4 is 5.32 Å². The fourth-order valence-electron chi connectivity index (χ4n) is 1.95. The van der Waals surface area contributed by atoms with Crippen LogP contribution in [0.15, 0.2) is 48.0 Å². The number of hydrogen-bond acceptors (Lipinski definition) is 4. The third kappa shape index (κ3) is 3.20. The molecule has 2 heterocycles. The Labute approximate surface area is 132 Å². The van der Waals surface area contributed by atoms with Gasteiger partial charge in [0.1, 0.15) is 5.69 Å². The summed E-state index contributed by atoms with van der Waals surface area (Å²) in [6.45, 7) is 3.98. The molecule has 0 radical (unpaired) electrons. The van der Waals surface area contributed by atoms with Crippen molar-refractivity contribution in [1.82, 2.24) is 9.97 Å². The van der Waals surface area contributed by atoms with Crippen LogP contribution in [0.25, 0.3) is 11.3 Å². The van der Waals surface area contributed by atoms with Gasteiger partial charge in [0.2, 0.25) is 0 Å². The number of aromatic nitrogens is 2. The molecule has 2 aromatic heterocycles. The van der Waals surface area contributed by atoms with Gasteiger partial charge in [0.05, 0.1) is 5.69 Å². The number of nitrogens with one attached hydrogen (secondary N) is 1. The Kier molecular flexibility index (Phi) is 3.98. The average molecular weight is 309 g/mol. The van der Waals surface area contributed by atoms with Crippen LogP contribution in [-0.4, -0.2) is 15.9 Å². The summed E-state index contributed by atoms with van der Waals surface area (Å²) in [6.07, 6.45) is 1.68. The predicted octanol–water partition coefficient (Wildman–Crippen LogP) is 4.07. The number of thiazole rings is 1. The SMILES string of the molecule is Cc1ccc(-c2csc(NC(=O)c3ccc(C)cn3)n2)cc1. The van der Waals surface area contributed by atoms with Gasteiger partial charge in [-0.05, 0) is 25.5 Å². The molecule has 22 heavy (non-hydrogen) atoms. The minimum Gasteiger partial charge on any atom is -0.296 e. The summed E-state index contributed by atoms with van der Waals surface area (Å²) >= 11 is 1.40. The van der Waals surface area contributed by atoms with Crippen LogP contribution in [-0.2, 0) is 0 Å². The first-order chi connectivity index (χ1) is 10.6. The Hall–Kier alpha value is -2.53. The molecule has 3 rings (SSSR count). The Morgan fingerprint density at radius 3 is 2.45 bits per heavy atom. The van der Waals surface area contributed by atoms with Gasteiger partial charge in [0.25, 0.3) is 5.91 Å². The number of nitrogens with zero attached hydrogens (tertiary/aromatic N) is 2. The lowest BCUT2D eigenvalue weighted by molar-refractivity contribution is 0.102. The fourth-order valence-corrected chi connectivity index (χ4v) is 2.67. The highest BCUT2D eigenvalue weighted by atomic mass is 32.1. The van der Waals surface area contributed by atoms with Crippen molar-refractivity contribution in [2.75, 3.05) is 5.32 Å². The standard InChI is InChI=1S/C17H15N3OS/c1-11-3-6-13(7-4-11)15-10-22-17(19-15)20-16(21)14-8-5-12(2)9-18-14/h3-10H,1-2H3,(H,19,20,21). The third-order valence-electron chi connectivity index (χ3n) is 3.22. The number of carbonyl (C=O) groups is 1. The van der Waals surface area contributed by atoms with E-state index in [0.29, 0.717) is 10.8 Å². The molecular weight excluding hydrogens is 294 g/mol. The largest absolute Gasteiger partial charge is 0.296 e. The third-order valence-corrected chi connectivity index (χ3v) is 3.97. The van der Waals surface area contributed by atoms with Crippen LogP contribution in [0, 0.1) is 13.8 Å². The summed E-state index contributed by atoms with van der Waals surface area (Å²) in [5, 5.41) is 5.29. The number of aryl methyl sites for hydroxylation is 2. The highest BCUT2D eigenvalue weighted by Crippen LogP contribution is 2.25. The number of anilines is 1. The molecule has 0 aliphatic carbocycles. The van der Waals surface area contributed by atoms with Crippen LogP contribution in [0.2, 0.25) is 0 Å². The minimum atomic E-state index is -0.246. The summed E-state index contributed by atoms with van der Waals surface area (Å²) in [5.74, 6) is -0.246. The van der Waals surface area contributed by atoms with Crippen molar-refractivity contribution < 1.29 is 4.79 Å². The van der Waals surface area contributed by atoms with E-state index >= 15 is 0 Å². The second-order valence-electron chi connectivity index (χ2n) is 5.08. The van der Waals surface area contributed by atoms with E-state index in [4.69, 9.17) is 0 Å². The topological polar surface area (TPSA) is 54.9 Å². The first-order valence-corrected chi connectivity index (χ1v) is 7.76. The molecule has 0 saturated heterocycles. The molecule has 110 valence electrons. The van der Waals surface area contributed by atoms with E-state index < -0.39 is 0 Å². The first kappa shape index (κ1) is 14.4. The second kappa shape index (κ2) is 6.07. The van der Waals surface area contributed by atoms with E-state index in [2.05, 4.69) is 15.3 Å². The van der Waals surface area contributed by atoms with Gasteiger partial charge in [-0.2, -0.15) is 0 Å².